The van der Waals surface area contributed by atoms with Crippen LogP contribution in [0, 0.1) is 11.6 Å². The van der Waals surface area contributed by atoms with Gasteiger partial charge in [-0.05, 0) is 19.8 Å². The highest BCUT2D eigenvalue weighted by Crippen LogP contribution is 2.26. The van der Waals surface area contributed by atoms with Crippen molar-refractivity contribution in [3.8, 4) is 0 Å². The quantitative estimate of drug-likeness (QED) is 0.756. The summed E-state index contributed by atoms with van der Waals surface area (Å²) in [7, 11) is 0. The Hall–Kier alpha value is -0.980. The predicted molar refractivity (Wildman–Crippen MR) is 60.9 cm³/mol. The van der Waals surface area contributed by atoms with Gasteiger partial charge in [-0.2, -0.15) is 0 Å². The summed E-state index contributed by atoms with van der Waals surface area (Å²) in [6.07, 6.45) is 2.74. The molecule has 1 fully saturated rings. The molecule has 1 aliphatic rings. The van der Waals surface area contributed by atoms with Crippen LogP contribution in [-0.4, -0.2) is 27.4 Å². The van der Waals surface area contributed by atoms with E-state index in [1.807, 2.05) is 6.92 Å². The molecule has 0 aliphatic carbocycles. The standard InChI is InChI=1S/C10H14N2O3S/c1-6-4-12(10(14)11-9(6)16)8-3-2-7(5-13)15-8/h4,7-8,13H,2-3,5H2,1H3,(H,11,14,16)/t7-,8+/m0/s1. The first-order chi connectivity index (χ1) is 7.61. The van der Waals surface area contributed by atoms with E-state index in [1.54, 1.807) is 6.20 Å². The molecule has 0 spiro atoms. The molecule has 16 heavy (non-hydrogen) atoms. The first-order valence-electron chi connectivity index (χ1n) is 5.20. The molecule has 1 saturated heterocycles. The zero-order chi connectivity index (χ0) is 11.7. The molecule has 2 heterocycles. The van der Waals surface area contributed by atoms with E-state index in [-0.39, 0.29) is 24.6 Å². The number of nitrogens with zero attached hydrogens (tertiary/aromatic N) is 1. The highest BCUT2D eigenvalue weighted by Gasteiger charge is 2.26. The fraction of sp³-hybridized carbons (Fsp3) is 0.600. The molecule has 2 rings (SSSR count). The van der Waals surface area contributed by atoms with Crippen molar-refractivity contribution in [1.29, 1.82) is 0 Å². The van der Waals surface area contributed by atoms with E-state index in [0.717, 1.165) is 18.4 Å². The number of H-pyrrole nitrogens is 1. The monoisotopic (exact) mass is 242 g/mol. The fourth-order valence-corrected chi connectivity index (χ4v) is 1.97. The van der Waals surface area contributed by atoms with E-state index in [0.29, 0.717) is 4.64 Å². The van der Waals surface area contributed by atoms with Crippen LogP contribution in [-0.2, 0) is 4.74 Å². The molecule has 6 heteroatoms. The van der Waals surface area contributed by atoms with Gasteiger partial charge in [-0.3, -0.25) is 9.55 Å². The molecule has 0 amide bonds. The van der Waals surface area contributed by atoms with Crippen molar-refractivity contribution < 1.29 is 9.84 Å². The van der Waals surface area contributed by atoms with Crippen molar-refractivity contribution in [3.05, 3.63) is 26.9 Å². The lowest BCUT2D eigenvalue weighted by Crippen LogP contribution is -2.27. The molecule has 1 aromatic heterocycles. The largest absolute Gasteiger partial charge is 0.394 e. The fourth-order valence-electron chi connectivity index (χ4n) is 1.83. The Morgan fingerprint density at radius 3 is 3.06 bits per heavy atom. The smallest absolute Gasteiger partial charge is 0.328 e. The molecule has 0 aromatic carbocycles. The van der Waals surface area contributed by atoms with Crippen molar-refractivity contribution in [2.24, 2.45) is 0 Å². The van der Waals surface area contributed by atoms with E-state index >= 15 is 0 Å². The second-order valence-corrected chi connectivity index (χ2v) is 4.36. The predicted octanol–water partition coefficient (Wildman–Crippen LogP) is 0.884. The number of aliphatic hydroxyl groups is 1. The molecule has 0 unspecified atom stereocenters. The minimum atomic E-state index is -0.296. The third-order valence-electron chi connectivity index (χ3n) is 2.74. The summed E-state index contributed by atoms with van der Waals surface area (Å²) in [6, 6.07) is 0. The minimum Gasteiger partial charge on any atom is -0.394 e. The summed E-state index contributed by atoms with van der Waals surface area (Å²) < 4.78 is 7.49. The summed E-state index contributed by atoms with van der Waals surface area (Å²) in [5.41, 5.74) is 0.574. The first kappa shape index (κ1) is 11.5. The molecule has 0 radical (unpaired) electrons. The maximum Gasteiger partial charge on any atom is 0.328 e. The normalized spacial score (nSPS) is 24.9. The van der Waals surface area contributed by atoms with Crippen molar-refractivity contribution in [2.75, 3.05) is 6.61 Å². The number of rotatable bonds is 2. The summed E-state index contributed by atoms with van der Waals surface area (Å²) in [4.78, 5) is 14.3. The van der Waals surface area contributed by atoms with E-state index in [4.69, 9.17) is 22.1 Å². The van der Waals surface area contributed by atoms with Gasteiger partial charge in [0.2, 0.25) is 0 Å². The van der Waals surface area contributed by atoms with Crippen LogP contribution >= 0.6 is 12.2 Å². The van der Waals surface area contributed by atoms with E-state index < -0.39 is 0 Å². The Bertz CT molecular complexity index is 494. The van der Waals surface area contributed by atoms with Crippen LogP contribution in [0.3, 0.4) is 0 Å². The average molecular weight is 242 g/mol. The molecule has 1 aliphatic heterocycles. The summed E-state index contributed by atoms with van der Waals surface area (Å²) in [5.74, 6) is 0. The Labute approximate surface area is 97.7 Å². The van der Waals surface area contributed by atoms with Gasteiger partial charge in [0.05, 0.1) is 12.7 Å². The summed E-state index contributed by atoms with van der Waals surface area (Å²) in [5, 5.41) is 8.96. The zero-order valence-electron chi connectivity index (χ0n) is 8.97. The molecule has 0 bridgehead atoms. The van der Waals surface area contributed by atoms with Gasteiger partial charge in [0, 0.05) is 11.8 Å². The second kappa shape index (κ2) is 4.48. The Balaban J connectivity index is 2.32. The molecule has 1 aromatic rings. The van der Waals surface area contributed by atoms with Crippen molar-refractivity contribution >= 4 is 12.2 Å². The second-order valence-electron chi connectivity index (χ2n) is 3.95. The van der Waals surface area contributed by atoms with Crippen molar-refractivity contribution in [2.45, 2.75) is 32.1 Å². The van der Waals surface area contributed by atoms with Crippen LogP contribution in [0.4, 0.5) is 0 Å². The minimum absolute atomic E-state index is 0.00688. The van der Waals surface area contributed by atoms with Crippen molar-refractivity contribution in [3.63, 3.8) is 0 Å². The average Bonchev–Trinajstić information content (AvgIpc) is 2.71. The third kappa shape index (κ3) is 2.09. The SMILES string of the molecule is Cc1cn([C@H]2CC[C@@H](CO)O2)c(=O)[nH]c1=S. The molecule has 5 nitrogen and oxygen atoms in total. The number of nitrogens with one attached hydrogen (secondary N) is 1. The maximum atomic E-state index is 11.7. The number of aryl methyl sites for hydroxylation is 1. The van der Waals surface area contributed by atoms with Crippen LogP contribution in [0.25, 0.3) is 0 Å². The summed E-state index contributed by atoms with van der Waals surface area (Å²) in [6.45, 7) is 1.83. The van der Waals surface area contributed by atoms with Gasteiger partial charge in [0.25, 0.3) is 0 Å². The lowest BCUT2D eigenvalue weighted by Gasteiger charge is -2.15. The number of aromatic amines is 1. The molecular formula is C10H14N2O3S. The number of aliphatic hydroxyl groups excluding tert-OH is 1. The zero-order valence-corrected chi connectivity index (χ0v) is 9.79. The van der Waals surface area contributed by atoms with E-state index in [9.17, 15) is 4.79 Å². The Morgan fingerprint density at radius 2 is 2.44 bits per heavy atom. The van der Waals surface area contributed by atoms with Gasteiger partial charge in [-0.15, -0.1) is 0 Å². The van der Waals surface area contributed by atoms with Gasteiger partial charge >= 0.3 is 5.69 Å². The van der Waals surface area contributed by atoms with Gasteiger partial charge < -0.3 is 9.84 Å². The number of aromatic nitrogens is 2. The van der Waals surface area contributed by atoms with Crippen molar-refractivity contribution in [1.82, 2.24) is 9.55 Å². The maximum absolute atomic E-state index is 11.7. The number of hydrogen-bond acceptors (Lipinski definition) is 4. The lowest BCUT2D eigenvalue weighted by molar-refractivity contribution is -0.0246. The van der Waals surface area contributed by atoms with Crippen LogP contribution in [0.5, 0.6) is 0 Å². The molecule has 2 atom stereocenters. The van der Waals surface area contributed by atoms with Crippen LogP contribution in [0.2, 0.25) is 0 Å². The molecule has 88 valence electrons. The molecule has 0 saturated carbocycles. The highest BCUT2D eigenvalue weighted by atomic mass is 32.1. The van der Waals surface area contributed by atoms with Crippen LogP contribution in [0.15, 0.2) is 11.0 Å². The van der Waals surface area contributed by atoms with Gasteiger partial charge in [-0.25, -0.2) is 4.79 Å². The first-order valence-corrected chi connectivity index (χ1v) is 5.61. The lowest BCUT2D eigenvalue weighted by atomic mass is 10.2. The third-order valence-corrected chi connectivity index (χ3v) is 3.17. The number of hydrogen-bond donors (Lipinski definition) is 2. The number of ether oxygens (including phenoxy) is 1. The van der Waals surface area contributed by atoms with Gasteiger partial charge in [0.15, 0.2) is 0 Å². The van der Waals surface area contributed by atoms with E-state index in [2.05, 4.69) is 4.98 Å². The summed E-state index contributed by atoms with van der Waals surface area (Å²) >= 11 is 4.97. The van der Waals surface area contributed by atoms with Crippen LogP contribution < -0.4 is 5.69 Å². The Morgan fingerprint density at radius 1 is 1.69 bits per heavy atom. The Kier molecular flexibility index (Phi) is 3.22. The molecule has 2 N–H and O–H groups in total. The van der Waals surface area contributed by atoms with Gasteiger partial charge in [0.1, 0.15) is 10.9 Å². The van der Waals surface area contributed by atoms with E-state index in [1.165, 1.54) is 4.57 Å². The highest BCUT2D eigenvalue weighted by molar-refractivity contribution is 7.71. The topological polar surface area (TPSA) is 67.2 Å². The van der Waals surface area contributed by atoms with Crippen LogP contribution in [0.1, 0.15) is 24.6 Å². The van der Waals surface area contributed by atoms with Gasteiger partial charge in [-0.1, -0.05) is 12.2 Å². The molecular weight excluding hydrogens is 228 g/mol.